The SMILES string of the molecule is CC1(NS(=O)(=O)c2cc(N3CCN(C(=O)C4CNC4)CC3)c3cnc(-c4nnc(C(F)(F)F)s4)n3c2)CC1. The van der Waals surface area contributed by atoms with Crippen LogP contribution in [0.2, 0.25) is 0 Å². The first-order valence-corrected chi connectivity index (χ1v) is 14.4. The van der Waals surface area contributed by atoms with Gasteiger partial charge in [-0.25, -0.2) is 18.1 Å². The van der Waals surface area contributed by atoms with Gasteiger partial charge in [0.1, 0.15) is 4.90 Å². The van der Waals surface area contributed by atoms with Crippen molar-refractivity contribution in [1.82, 2.24) is 34.5 Å². The molecule has 0 aromatic carbocycles. The zero-order valence-electron chi connectivity index (χ0n) is 20.3. The summed E-state index contributed by atoms with van der Waals surface area (Å²) in [5.74, 6) is 0.160. The fraction of sp³-hybridized carbons (Fsp3) is 0.545. The number of carbonyl (C=O) groups excluding carboxylic acids is 1. The molecule has 3 aromatic heterocycles. The summed E-state index contributed by atoms with van der Waals surface area (Å²) in [7, 11) is -3.94. The van der Waals surface area contributed by atoms with Gasteiger partial charge in [0.15, 0.2) is 10.8 Å². The molecule has 1 saturated carbocycles. The number of amides is 1. The van der Waals surface area contributed by atoms with Crippen LogP contribution in [-0.2, 0) is 21.0 Å². The molecule has 16 heteroatoms. The van der Waals surface area contributed by atoms with Crippen LogP contribution >= 0.6 is 11.3 Å². The van der Waals surface area contributed by atoms with Crippen LogP contribution in [0.25, 0.3) is 16.3 Å². The van der Waals surface area contributed by atoms with Crippen LogP contribution in [-0.4, -0.2) is 83.6 Å². The Labute approximate surface area is 220 Å². The van der Waals surface area contributed by atoms with Gasteiger partial charge in [0.25, 0.3) is 0 Å². The highest BCUT2D eigenvalue weighted by atomic mass is 32.2. The number of nitrogens with zero attached hydrogens (tertiary/aromatic N) is 6. The maximum Gasteiger partial charge on any atom is 0.445 e. The van der Waals surface area contributed by atoms with E-state index in [0.29, 0.717) is 61.8 Å². The minimum Gasteiger partial charge on any atom is -0.366 e. The molecule has 6 rings (SSSR count). The van der Waals surface area contributed by atoms with Crippen LogP contribution in [0.5, 0.6) is 0 Å². The van der Waals surface area contributed by atoms with Gasteiger partial charge in [0.05, 0.1) is 23.3 Å². The molecule has 0 atom stereocenters. The molecule has 3 aliphatic rings. The lowest BCUT2D eigenvalue weighted by molar-refractivity contribution is -0.138. The summed E-state index contributed by atoms with van der Waals surface area (Å²) in [4.78, 5) is 20.7. The molecule has 1 aliphatic carbocycles. The number of alkyl halides is 3. The van der Waals surface area contributed by atoms with E-state index in [-0.39, 0.29) is 27.6 Å². The van der Waals surface area contributed by atoms with Crippen molar-refractivity contribution in [1.29, 1.82) is 0 Å². The number of sulfonamides is 1. The quantitative estimate of drug-likeness (QED) is 0.458. The van der Waals surface area contributed by atoms with Crippen LogP contribution in [0.3, 0.4) is 0 Å². The van der Waals surface area contributed by atoms with Gasteiger partial charge in [0.2, 0.25) is 20.9 Å². The summed E-state index contributed by atoms with van der Waals surface area (Å²) in [5.41, 5.74) is 0.559. The zero-order valence-corrected chi connectivity index (χ0v) is 22.0. The van der Waals surface area contributed by atoms with Crippen molar-refractivity contribution in [3.8, 4) is 10.8 Å². The number of pyridine rings is 1. The van der Waals surface area contributed by atoms with Gasteiger partial charge in [-0.2, -0.15) is 13.2 Å². The van der Waals surface area contributed by atoms with E-state index in [2.05, 4.69) is 25.2 Å². The molecule has 2 aliphatic heterocycles. The largest absolute Gasteiger partial charge is 0.445 e. The standard InChI is InChI=1S/C22H25F3N8O3S2/c1-21(2-3-21)30-38(35,36)14-8-15(31-4-6-32(7-5-31)19(34)13-9-26-10-13)16-11-27-17(33(16)12-14)18-28-29-20(37-18)22(23,24)25/h8,11-13,26,30H,2-7,9-10H2,1H3. The lowest BCUT2D eigenvalue weighted by Crippen LogP contribution is -2.56. The maximum atomic E-state index is 13.3. The Hall–Kier alpha value is -2.82. The van der Waals surface area contributed by atoms with E-state index < -0.39 is 26.7 Å². The molecule has 38 heavy (non-hydrogen) atoms. The molecular formula is C22H25F3N8O3S2. The van der Waals surface area contributed by atoms with Crippen molar-refractivity contribution in [3.63, 3.8) is 0 Å². The Balaban J connectivity index is 1.38. The first-order chi connectivity index (χ1) is 17.9. The summed E-state index contributed by atoms with van der Waals surface area (Å²) in [6.45, 7) is 5.04. The third kappa shape index (κ3) is 4.63. The maximum absolute atomic E-state index is 13.3. The predicted molar refractivity (Wildman–Crippen MR) is 132 cm³/mol. The average Bonchev–Trinajstić information content (AvgIpc) is 3.22. The highest BCUT2D eigenvalue weighted by Crippen LogP contribution is 2.38. The molecule has 204 valence electrons. The molecule has 0 radical (unpaired) electrons. The number of carbonyl (C=O) groups is 1. The lowest BCUT2D eigenvalue weighted by Gasteiger charge is -2.39. The zero-order chi connectivity index (χ0) is 26.9. The summed E-state index contributed by atoms with van der Waals surface area (Å²) in [5, 5.41) is 8.83. The van der Waals surface area contributed by atoms with Gasteiger partial charge in [-0.3, -0.25) is 9.20 Å². The van der Waals surface area contributed by atoms with Crippen LogP contribution in [0.4, 0.5) is 18.9 Å². The molecular weight excluding hydrogens is 545 g/mol. The van der Waals surface area contributed by atoms with Gasteiger partial charge in [-0.1, -0.05) is 11.3 Å². The number of fused-ring (bicyclic) bond motifs is 1. The number of hydrogen-bond donors (Lipinski definition) is 2. The normalized spacial score (nSPS) is 20.1. The smallest absolute Gasteiger partial charge is 0.366 e. The highest BCUT2D eigenvalue weighted by molar-refractivity contribution is 7.89. The Morgan fingerprint density at radius 1 is 1.18 bits per heavy atom. The van der Waals surface area contributed by atoms with E-state index in [4.69, 9.17) is 0 Å². The molecule has 5 heterocycles. The number of imidazole rings is 1. The molecule has 3 aromatic rings. The number of hydrogen-bond acceptors (Lipinski definition) is 9. The van der Waals surface area contributed by atoms with E-state index in [9.17, 15) is 26.4 Å². The second-order valence-electron chi connectivity index (χ2n) is 10.1. The van der Waals surface area contributed by atoms with Crippen molar-refractivity contribution in [3.05, 3.63) is 23.5 Å². The van der Waals surface area contributed by atoms with Gasteiger partial charge < -0.3 is 15.1 Å². The molecule has 1 amide bonds. The van der Waals surface area contributed by atoms with Gasteiger partial charge in [-0.05, 0) is 25.8 Å². The van der Waals surface area contributed by atoms with Crippen LogP contribution in [0.15, 0.2) is 23.4 Å². The number of nitrogens with one attached hydrogen (secondary N) is 2. The number of piperazine rings is 1. The number of anilines is 1. The van der Waals surface area contributed by atoms with Crippen molar-refractivity contribution >= 4 is 38.5 Å². The van der Waals surface area contributed by atoms with Crippen molar-refractivity contribution in [2.45, 2.75) is 36.4 Å². The minimum absolute atomic E-state index is 0.0116. The van der Waals surface area contributed by atoms with Crippen LogP contribution < -0.4 is 14.9 Å². The molecule has 0 spiro atoms. The Bertz CT molecular complexity index is 1500. The molecule has 2 saturated heterocycles. The minimum atomic E-state index is -4.65. The number of aromatic nitrogens is 4. The average molecular weight is 571 g/mol. The van der Waals surface area contributed by atoms with E-state index in [0.717, 1.165) is 12.8 Å². The van der Waals surface area contributed by atoms with Crippen LogP contribution in [0, 0.1) is 5.92 Å². The van der Waals surface area contributed by atoms with Crippen molar-refractivity contribution in [2.24, 2.45) is 5.92 Å². The third-order valence-corrected chi connectivity index (χ3v) is 9.78. The molecule has 0 unspecified atom stereocenters. The summed E-state index contributed by atoms with van der Waals surface area (Å²) in [6, 6.07) is 1.56. The lowest BCUT2D eigenvalue weighted by atomic mass is 10.0. The van der Waals surface area contributed by atoms with E-state index >= 15 is 0 Å². The fourth-order valence-electron chi connectivity index (χ4n) is 4.60. The molecule has 11 nitrogen and oxygen atoms in total. The summed E-state index contributed by atoms with van der Waals surface area (Å²) in [6.07, 6.45) is -0.376. The first-order valence-electron chi connectivity index (χ1n) is 12.1. The topological polar surface area (TPSA) is 125 Å². The molecule has 3 fully saturated rings. The number of halogens is 3. The molecule has 2 N–H and O–H groups in total. The Morgan fingerprint density at radius 2 is 1.89 bits per heavy atom. The Morgan fingerprint density at radius 3 is 2.47 bits per heavy atom. The van der Waals surface area contributed by atoms with Gasteiger partial charge in [0, 0.05) is 51.0 Å². The first kappa shape index (κ1) is 25.5. The highest BCUT2D eigenvalue weighted by Gasteiger charge is 2.42. The van der Waals surface area contributed by atoms with Gasteiger partial charge >= 0.3 is 6.18 Å². The second-order valence-corrected chi connectivity index (χ2v) is 12.8. The van der Waals surface area contributed by atoms with E-state index in [1.54, 1.807) is 6.07 Å². The predicted octanol–water partition coefficient (Wildman–Crippen LogP) is 1.57. The van der Waals surface area contributed by atoms with Crippen molar-refractivity contribution < 1.29 is 26.4 Å². The third-order valence-electron chi connectivity index (χ3n) is 7.21. The fourth-order valence-corrected chi connectivity index (χ4v) is 6.79. The second kappa shape index (κ2) is 8.86. The Kier molecular flexibility index (Phi) is 5.93. The molecule has 0 bridgehead atoms. The van der Waals surface area contributed by atoms with E-state index in [1.165, 1.54) is 16.8 Å². The summed E-state index contributed by atoms with van der Waals surface area (Å²) >= 11 is 0.342. The van der Waals surface area contributed by atoms with Gasteiger partial charge in [-0.15, -0.1) is 10.2 Å². The van der Waals surface area contributed by atoms with Crippen molar-refractivity contribution in [2.75, 3.05) is 44.2 Å². The summed E-state index contributed by atoms with van der Waals surface area (Å²) < 4.78 is 70.3. The van der Waals surface area contributed by atoms with Crippen LogP contribution in [0.1, 0.15) is 24.8 Å². The monoisotopic (exact) mass is 570 g/mol. The number of rotatable bonds is 6. The van der Waals surface area contributed by atoms with E-state index in [1.807, 2.05) is 16.7 Å².